The number of rotatable bonds is 7. The zero-order valence-electron chi connectivity index (χ0n) is 28.5. The first-order valence-corrected chi connectivity index (χ1v) is 17.4. The van der Waals surface area contributed by atoms with Gasteiger partial charge in [0.25, 0.3) is 0 Å². The molecule has 4 aromatic rings. The van der Waals surface area contributed by atoms with E-state index < -0.39 is 6.04 Å². The highest BCUT2D eigenvalue weighted by molar-refractivity contribution is 5.88. The predicted octanol–water partition coefficient (Wildman–Crippen LogP) is 2.32. The number of H-pyrrole nitrogens is 2. The molecular weight excluding hydrogens is 624 g/mol. The Kier molecular flexibility index (Phi) is 8.90. The Balaban J connectivity index is 1.04. The lowest BCUT2D eigenvalue weighted by atomic mass is 9.77. The third kappa shape index (κ3) is 6.41. The number of imidazole rings is 1. The lowest BCUT2D eigenvalue weighted by molar-refractivity contribution is -0.136. The number of pyridine rings is 1. The van der Waals surface area contributed by atoms with Crippen LogP contribution >= 0.6 is 0 Å². The third-order valence-electron chi connectivity index (χ3n) is 11.1. The first kappa shape index (κ1) is 32.8. The van der Waals surface area contributed by atoms with Crippen LogP contribution in [0, 0.1) is 12.3 Å². The van der Waals surface area contributed by atoms with E-state index in [9.17, 15) is 19.2 Å². The van der Waals surface area contributed by atoms with Crippen molar-refractivity contribution in [2.75, 3.05) is 46.3 Å². The molecule has 49 heavy (non-hydrogen) atoms. The molecule has 1 aromatic carbocycles. The van der Waals surface area contributed by atoms with Gasteiger partial charge in [0.15, 0.2) is 5.65 Å². The highest BCUT2D eigenvalue weighted by Gasteiger charge is 2.44. The van der Waals surface area contributed by atoms with Crippen LogP contribution in [0.3, 0.4) is 0 Å². The summed E-state index contributed by atoms with van der Waals surface area (Å²) in [4.78, 5) is 66.4. The second kappa shape index (κ2) is 13.3. The number of aryl methyl sites for hydroxylation is 1. The number of nitrogens with zero attached hydrogens (tertiary/aromatic N) is 6. The number of piperidine rings is 2. The minimum Gasteiger partial charge on any atom is -0.341 e. The van der Waals surface area contributed by atoms with Crippen molar-refractivity contribution in [1.29, 1.82) is 0 Å². The Morgan fingerprint density at radius 2 is 1.76 bits per heavy atom. The minimum atomic E-state index is -0.746. The van der Waals surface area contributed by atoms with Crippen molar-refractivity contribution in [2.24, 2.45) is 5.41 Å². The maximum absolute atomic E-state index is 14.3. The summed E-state index contributed by atoms with van der Waals surface area (Å²) in [6.45, 7) is 7.45. The van der Waals surface area contributed by atoms with Gasteiger partial charge in [-0.3, -0.25) is 24.2 Å². The van der Waals surface area contributed by atoms with Gasteiger partial charge >= 0.3 is 11.7 Å². The fraction of sp³-hybridized carbons (Fsp3) is 0.543. The standard InChI is InChI=1S/C35H46N10O4/c1-22-17-24(18-25-20-38-41-29(22)25)19-27(32(47)44-16-10-35(21-44)8-14-42(15-9-35)31(46)23(2)36-3)39-33(48)43-12-6-26(7-13-43)45-28-5-4-11-37-30(28)40-34(45)49/h4-5,11,17-18,20,23,26-27,36H,6-10,12-16,19,21H2,1-3H3,(H,38,41)(H,39,48)(H,37,40,49)/t23-,27+/m1/s1. The van der Waals surface area contributed by atoms with Crippen LogP contribution < -0.4 is 16.3 Å². The average Bonchev–Trinajstić information content (AvgIpc) is 3.84. The van der Waals surface area contributed by atoms with Gasteiger partial charge in [0.1, 0.15) is 6.04 Å². The third-order valence-corrected chi connectivity index (χ3v) is 11.1. The molecule has 6 heterocycles. The monoisotopic (exact) mass is 670 g/mol. The van der Waals surface area contributed by atoms with Gasteiger partial charge in [-0.2, -0.15) is 5.10 Å². The Hall–Kier alpha value is -4.72. The van der Waals surface area contributed by atoms with Gasteiger partial charge < -0.3 is 25.3 Å². The van der Waals surface area contributed by atoms with Gasteiger partial charge in [0.05, 0.1) is 23.3 Å². The van der Waals surface area contributed by atoms with E-state index in [4.69, 9.17) is 0 Å². The Labute approximate surface area is 284 Å². The zero-order valence-corrected chi connectivity index (χ0v) is 28.5. The largest absolute Gasteiger partial charge is 0.341 e. The Bertz CT molecular complexity index is 1910. The number of hydrogen-bond donors (Lipinski definition) is 4. The van der Waals surface area contributed by atoms with Crippen LogP contribution in [0.5, 0.6) is 0 Å². The number of benzene rings is 1. The summed E-state index contributed by atoms with van der Waals surface area (Å²) >= 11 is 0. The molecule has 3 aliphatic rings. The lowest BCUT2D eigenvalue weighted by Crippen LogP contribution is -2.54. The molecule has 3 fully saturated rings. The molecule has 260 valence electrons. The smallest absolute Gasteiger partial charge is 0.327 e. The molecular formula is C35H46N10O4. The number of likely N-dealkylation sites (tertiary alicyclic amines) is 3. The normalized spacial score (nSPS) is 19.5. The summed E-state index contributed by atoms with van der Waals surface area (Å²) in [6.07, 6.45) is 7.62. The molecule has 1 spiro atoms. The molecule has 0 bridgehead atoms. The van der Waals surface area contributed by atoms with E-state index >= 15 is 0 Å². The molecule has 3 aromatic heterocycles. The van der Waals surface area contributed by atoms with Crippen LogP contribution in [0.25, 0.3) is 22.1 Å². The van der Waals surface area contributed by atoms with E-state index in [1.165, 1.54) is 0 Å². The van der Waals surface area contributed by atoms with Crippen LogP contribution in [0.15, 0.2) is 41.5 Å². The van der Waals surface area contributed by atoms with Crippen LogP contribution in [0.1, 0.15) is 56.2 Å². The molecule has 7 rings (SSSR count). The summed E-state index contributed by atoms with van der Waals surface area (Å²) in [6, 6.07) is 6.49. The molecule has 0 aliphatic carbocycles. The van der Waals surface area contributed by atoms with Crippen LogP contribution in [0.2, 0.25) is 0 Å². The maximum atomic E-state index is 14.3. The van der Waals surface area contributed by atoms with Crippen LogP contribution in [-0.4, -0.2) is 116 Å². The van der Waals surface area contributed by atoms with Crippen molar-refractivity contribution in [3.63, 3.8) is 0 Å². The van der Waals surface area contributed by atoms with Crippen molar-refractivity contribution >= 4 is 39.9 Å². The molecule has 14 heteroatoms. The Morgan fingerprint density at radius 3 is 2.49 bits per heavy atom. The number of likely N-dealkylation sites (N-methyl/N-ethyl adjacent to an activating group) is 1. The summed E-state index contributed by atoms with van der Waals surface area (Å²) in [5.74, 6) is 0.0377. The number of amides is 4. The molecule has 4 amide bonds. The van der Waals surface area contributed by atoms with Gasteiger partial charge in [-0.15, -0.1) is 0 Å². The topological polar surface area (TPSA) is 164 Å². The van der Waals surface area contributed by atoms with Crippen molar-refractivity contribution < 1.29 is 14.4 Å². The number of aromatic nitrogens is 5. The molecule has 0 radical (unpaired) electrons. The molecule has 3 aliphatic heterocycles. The molecule has 0 saturated carbocycles. The second-order valence-electron chi connectivity index (χ2n) is 14.2. The molecule has 3 saturated heterocycles. The molecule has 4 N–H and O–H groups in total. The fourth-order valence-electron chi connectivity index (χ4n) is 8.11. The quantitative estimate of drug-likeness (QED) is 0.234. The lowest BCUT2D eigenvalue weighted by Gasteiger charge is -2.40. The first-order valence-electron chi connectivity index (χ1n) is 17.4. The van der Waals surface area contributed by atoms with E-state index in [1.54, 1.807) is 28.9 Å². The minimum absolute atomic E-state index is 0.0198. The summed E-state index contributed by atoms with van der Waals surface area (Å²) in [5, 5.41) is 14.3. The molecule has 2 atom stereocenters. The SMILES string of the molecule is CN[C@H](C)C(=O)N1CCC2(CCN(C(=O)[C@H](Cc3cc(C)c4[nH]ncc4c3)NC(=O)N3CCC(n4c(=O)[nH]c5ncccc54)CC3)C2)CC1. The van der Waals surface area contributed by atoms with E-state index in [0.29, 0.717) is 64.2 Å². The van der Waals surface area contributed by atoms with Gasteiger partial charge in [-0.25, -0.2) is 14.6 Å². The van der Waals surface area contributed by atoms with Gasteiger partial charge in [-0.1, -0.05) is 6.07 Å². The Morgan fingerprint density at radius 1 is 1.02 bits per heavy atom. The van der Waals surface area contributed by atoms with Gasteiger partial charge in [-0.05, 0) is 87.7 Å². The number of fused-ring (bicyclic) bond motifs is 2. The molecule has 0 unspecified atom stereocenters. The summed E-state index contributed by atoms with van der Waals surface area (Å²) in [5.41, 5.74) is 4.05. The maximum Gasteiger partial charge on any atom is 0.327 e. The van der Waals surface area contributed by atoms with E-state index in [0.717, 1.165) is 46.8 Å². The van der Waals surface area contributed by atoms with Crippen molar-refractivity contribution in [2.45, 2.75) is 70.5 Å². The highest BCUT2D eigenvalue weighted by atomic mass is 16.2. The van der Waals surface area contributed by atoms with Crippen molar-refractivity contribution in [1.82, 2.24) is 50.1 Å². The highest BCUT2D eigenvalue weighted by Crippen LogP contribution is 2.41. The van der Waals surface area contributed by atoms with Gasteiger partial charge in [0.2, 0.25) is 11.8 Å². The number of carbonyl (C=O) groups excluding carboxylic acids is 3. The van der Waals surface area contributed by atoms with E-state index in [1.807, 2.05) is 41.8 Å². The zero-order chi connectivity index (χ0) is 34.3. The van der Waals surface area contributed by atoms with Crippen LogP contribution in [0.4, 0.5) is 4.79 Å². The van der Waals surface area contributed by atoms with Crippen molar-refractivity contribution in [3.05, 3.63) is 58.3 Å². The predicted molar refractivity (Wildman–Crippen MR) is 185 cm³/mol. The van der Waals surface area contributed by atoms with Gasteiger partial charge in [0, 0.05) is 63.3 Å². The molecule has 14 nitrogen and oxygen atoms in total. The number of hydrogen-bond acceptors (Lipinski definition) is 7. The summed E-state index contributed by atoms with van der Waals surface area (Å²) < 4.78 is 1.75. The van der Waals surface area contributed by atoms with E-state index in [-0.39, 0.29) is 41.0 Å². The number of urea groups is 1. The van der Waals surface area contributed by atoms with Crippen molar-refractivity contribution in [3.8, 4) is 0 Å². The number of aromatic amines is 2. The number of carbonyl (C=O) groups is 3. The fourth-order valence-corrected chi connectivity index (χ4v) is 8.11. The summed E-state index contributed by atoms with van der Waals surface area (Å²) in [7, 11) is 1.80. The first-order chi connectivity index (χ1) is 23.6. The second-order valence-corrected chi connectivity index (χ2v) is 14.2. The number of nitrogens with one attached hydrogen (secondary N) is 4. The van der Waals surface area contributed by atoms with Crippen LogP contribution in [-0.2, 0) is 16.0 Å². The van der Waals surface area contributed by atoms with E-state index in [2.05, 4.69) is 36.9 Å². The average molecular weight is 671 g/mol.